The lowest BCUT2D eigenvalue weighted by Gasteiger charge is -2.41. The normalized spacial score (nSPS) is 23.7. The standard InChI is InChI=1S/C16H23NO3/c1-16(15(18)19)9-3-4-10-17(16)11-13-5-7-14(8-6-13)12-20-2/h5-8H,3-4,9-12H2,1-2H3,(H,18,19). The van der Waals surface area contributed by atoms with Crippen LogP contribution in [0.3, 0.4) is 0 Å². The van der Waals surface area contributed by atoms with Gasteiger partial charge in [0.2, 0.25) is 0 Å². The first-order chi connectivity index (χ1) is 9.56. The number of nitrogens with zero attached hydrogens (tertiary/aromatic N) is 1. The summed E-state index contributed by atoms with van der Waals surface area (Å²) >= 11 is 0. The van der Waals surface area contributed by atoms with Crippen LogP contribution in [0, 0.1) is 0 Å². The van der Waals surface area contributed by atoms with Gasteiger partial charge in [-0.2, -0.15) is 0 Å². The van der Waals surface area contributed by atoms with Crippen LogP contribution in [0.15, 0.2) is 24.3 Å². The van der Waals surface area contributed by atoms with Gasteiger partial charge in [0.15, 0.2) is 0 Å². The predicted molar refractivity (Wildman–Crippen MR) is 77.5 cm³/mol. The average Bonchev–Trinajstić information content (AvgIpc) is 2.44. The Morgan fingerprint density at radius 3 is 2.55 bits per heavy atom. The molecule has 2 rings (SSSR count). The third kappa shape index (κ3) is 3.19. The highest BCUT2D eigenvalue weighted by Crippen LogP contribution is 2.29. The van der Waals surface area contributed by atoms with Gasteiger partial charge in [0.05, 0.1) is 6.61 Å². The Labute approximate surface area is 120 Å². The first kappa shape index (κ1) is 15.0. The molecule has 1 aliphatic rings. The minimum atomic E-state index is -0.733. The van der Waals surface area contributed by atoms with E-state index in [4.69, 9.17) is 4.74 Å². The molecule has 1 atom stereocenters. The van der Waals surface area contributed by atoms with Gasteiger partial charge in [0.25, 0.3) is 0 Å². The molecule has 1 fully saturated rings. The maximum atomic E-state index is 11.6. The monoisotopic (exact) mass is 277 g/mol. The van der Waals surface area contributed by atoms with E-state index in [1.165, 1.54) is 0 Å². The zero-order valence-electron chi connectivity index (χ0n) is 12.3. The second kappa shape index (κ2) is 6.37. The lowest BCUT2D eigenvalue weighted by molar-refractivity contribution is -0.153. The van der Waals surface area contributed by atoms with E-state index in [1.807, 2.05) is 19.1 Å². The number of benzene rings is 1. The van der Waals surface area contributed by atoms with Crippen LogP contribution in [-0.2, 0) is 22.7 Å². The summed E-state index contributed by atoms with van der Waals surface area (Å²) < 4.78 is 5.09. The van der Waals surface area contributed by atoms with Gasteiger partial charge in [-0.1, -0.05) is 24.3 Å². The fraction of sp³-hybridized carbons (Fsp3) is 0.562. The fourth-order valence-corrected chi connectivity index (χ4v) is 2.80. The Hall–Kier alpha value is -1.39. The molecule has 0 spiro atoms. The molecule has 0 amide bonds. The summed E-state index contributed by atoms with van der Waals surface area (Å²) in [5.74, 6) is -0.715. The van der Waals surface area contributed by atoms with Crippen LogP contribution in [0.25, 0.3) is 0 Å². The highest BCUT2D eigenvalue weighted by atomic mass is 16.5. The first-order valence-corrected chi connectivity index (χ1v) is 7.11. The predicted octanol–water partition coefficient (Wildman–Crippen LogP) is 2.66. The summed E-state index contributed by atoms with van der Waals surface area (Å²) in [6.07, 6.45) is 2.79. The smallest absolute Gasteiger partial charge is 0.323 e. The van der Waals surface area contributed by atoms with Gasteiger partial charge in [-0.05, 0) is 43.9 Å². The third-order valence-corrected chi connectivity index (χ3v) is 4.21. The Morgan fingerprint density at radius 1 is 1.30 bits per heavy atom. The van der Waals surface area contributed by atoms with Crippen LogP contribution in [0.5, 0.6) is 0 Å². The number of methoxy groups -OCH3 is 1. The molecule has 0 radical (unpaired) electrons. The number of aliphatic carboxylic acids is 1. The molecule has 4 heteroatoms. The fourth-order valence-electron chi connectivity index (χ4n) is 2.80. The number of rotatable bonds is 5. The Balaban J connectivity index is 2.08. The molecule has 4 nitrogen and oxygen atoms in total. The zero-order chi connectivity index (χ0) is 14.6. The van der Waals surface area contributed by atoms with E-state index in [9.17, 15) is 9.90 Å². The van der Waals surface area contributed by atoms with Gasteiger partial charge in [-0.25, -0.2) is 0 Å². The van der Waals surface area contributed by atoms with Crippen molar-refractivity contribution < 1.29 is 14.6 Å². The summed E-state index contributed by atoms with van der Waals surface area (Å²) in [6, 6.07) is 8.21. The molecule has 0 bridgehead atoms. The molecule has 1 unspecified atom stereocenters. The molecule has 0 aliphatic carbocycles. The molecular formula is C16H23NO3. The van der Waals surface area contributed by atoms with Crippen LogP contribution < -0.4 is 0 Å². The second-order valence-electron chi connectivity index (χ2n) is 5.71. The lowest BCUT2D eigenvalue weighted by atomic mass is 9.88. The topological polar surface area (TPSA) is 49.8 Å². The highest BCUT2D eigenvalue weighted by Gasteiger charge is 2.40. The van der Waals surface area contributed by atoms with Crippen molar-refractivity contribution in [2.45, 2.75) is 44.9 Å². The number of carboxylic acids is 1. The summed E-state index contributed by atoms with van der Waals surface area (Å²) in [6.45, 7) is 3.99. The van der Waals surface area contributed by atoms with Crippen molar-refractivity contribution in [3.8, 4) is 0 Å². The van der Waals surface area contributed by atoms with Gasteiger partial charge in [-0.3, -0.25) is 9.69 Å². The molecule has 110 valence electrons. The van der Waals surface area contributed by atoms with Gasteiger partial charge in [0.1, 0.15) is 5.54 Å². The van der Waals surface area contributed by atoms with Gasteiger partial charge >= 0.3 is 5.97 Å². The van der Waals surface area contributed by atoms with Crippen molar-refractivity contribution in [1.82, 2.24) is 4.90 Å². The molecule has 1 aromatic rings. The first-order valence-electron chi connectivity index (χ1n) is 7.11. The Morgan fingerprint density at radius 2 is 1.95 bits per heavy atom. The lowest BCUT2D eigenvalue weighted by Crippen LogP contribution is -2.54. The van der Waals surface area contributed by atoms with Crippen LogP contribution in [0.2, 0.25) is 0 Å². The Kier molecular flexibility index (Phi) is 4.78. The van der Waals surface area contributed by atoms with Crippen molar-refractivity contribution in [2.24, 2.45) is 0 Å². The SMILES string of the molecule is COCc1ccc(CN2CCCCC2(C)C(=O)O)cc1. The molecular weight excluding hydrogens is 254 g/mol. The van der Waals surface area contributed by atoms with E-state index >= 15 is 0 Å². The summed E-state index contributed by atoms with van der Waals surface area (Å²) in [7, 11) is 1.68. The van der Waals surface area contributed by atoms with Gasteiger partial charge in [-0.15, -0.1) is 0 Å². The van der Waals surface area contributed by atoms with Crippen molar-refractivity contribution in [3.05, 3.63) is 35.4 Å². The summed E-state index contributed by atoms with van der Waals surface area (Å²) in [5.41, 5.74) is 1.55. The summed E-state index contributed by atoms with van der Waals surface area (Å²) in [5, 5.41) is 9.50. The number of piperidine rings is 1. The van der Waals surface area contributed by atoms with E-state index in [0.717, 1.165) is 36.9 Å². The molecule has 1 aromatic carbocycles. The minimum Gasteiger partial charge on any atom is -0.480 e. The van der Waals surface area contributed by atoms with E-state index in [1.54, 1.807) is 7.11 Å². The molecule has 1 saturated heterocycles. The second-order valence-corrected chi connectivity index (χ2v) is 5.71. The highest BCUT2D eigenvalue weighted by molar-refractivity contribution is 5.78. The number of hydrogen-bond donors (Lipinski definition) is 1. The number of likely N-dealkylation sites (tertiary alicyclic amines) is 1. The van der Waals surface area contributed by atoms with Gasteiger partial charge in [0, 0.05) is 13.7 Å². The maximum Gasteiger partial charge on any atom is 0.323 e. The third-order valence-electron chi connectivity index (χ3n) is 4.21. The van der Waals surface area contributed by atoms with Gasteiger partial charge < -0.3 is 9.84 Å². The molecule has 1 aliphatic heterocycles. The number of hydrogen-bond acceptors (Lipinski definition) is 3. The summed E-state index contributed by atoms with van der Waals surface area (Å²) in [4.78, 5) is 13.6. The van der Waals surface area contributed by atoms with E-state index in [-0.39, 0.29) is 0 Å². The number of carbonyl (C=O) groups is 1. The van der Waals surface area contributed by atoms with Crippen molar-refractivity contribution in [1.29, 1.82) is 0 Å². The van der Waals surface area contributed by atoms with Crippen molar-refractivity contribution in [2.75, 3.05) is 13.7 Å². The minimum absolute atomic E-state index is 0.608. The van der Waals surface area contributed by atoms with Crippen LogP contribution >= 0.6 is 0 Å². The van der Waals surface area contributed by atoms with E-state index < -0.39 is 11.5 Å². The van der Waals surface area contributed by atoms with Crippen LogP contribution in [0.1, 0.15) is 37.3 Å². The van der Waals surface area contributed by atoms with Crippen LogP contribution in [-0.4, -0.2) is 35.2 Å². The van der Waals surface area contributed by atoms with Crippen LogP contribution in [0.4, 0.5) is 0 Å². The molecule has 20 heavy (non-hydrogen) atoms. The Bertz CT molecular complexity index is 457. The number of carboxylic acid groups (broad SMARTS) is 1. The average molecular weight is 277 g/mol. The van der Waals surface area contributed by atoms with E-state index in [0.29, 0.717) is 13.2 Å². The van der Waals surface area contributed by atoms with Crippen molar-refractivity contribution >= 4 is 5.97 Å². The molecule has 0 aromatic heterocycles. The largest absolute Gasteiger partial charge is 0.480 e. The quantitative estimate of drug-likeness (QED) is 0.899. The molecule has 1 heterocycles. The zero-order valence-corrected chi connectivity index (χ0v) is 12.3. The maximum absolute atomic E-state index is 11.6. The number of ether oxygens (including phenoxy) is 1. The van der Waals surface area contributed by atoms with Crippen molar-refractivity contribution in [3.63, 3.8) is 0 Å². The molecule has 0 saturated carbocycles. The van der Waals surface area contributed by atoms with E-state index in [2.05, 4.69) is 17.0 Å². The molecule has 1 N–H and O–H groups in total.